The summed E-state index contributed by atoms with van der Waals surface area (Å²) in [6, 6.07) is 1.07. The molecule has 1 aromatic rings. The fraction of sp³-hybridized carbons (Fsp3) is 0.455. The maximum Gasteiger partial charge on any atom is 0.154 e. The van der Waals surface area contributed by atoms with E-state index < -0.39 is 17.7 Å². The smallest absolute Gasteiger partial charge is 0.154 e. The lowest BCUT2D eigenvalue weighted by atomic mass is 10.1. The standard InChI is InChI=1S/C11H12ClF2NO2/c1-16-7-4-6(13)9(11(14)10(7)12)8-5-15-2-3-17-8/h4,8,15H,2-3,5H2,1H3. The van der Waals surface area contributed by atoms with Crippen LogP contribution >= 0.6 is 11.6 Å². The van der Waals surface area contributed by atoms with Crippen LogP contribution in [-0.2, 0) is 4.74 Å². The highest BCUT2D eigenvalue weighted by atomic mass is 35.5. The van der Waals surface area contributed by atoms with Crippen molar-refractivity contribution in [1.82, 2.24) is 5.32 Å². The second kappa shape index (κ2) is 5.16. The highest BCUT2D eigenvalue weighted by Gasteiger charge is 2.26. The zero-order valence-corrected chi connectivity index (χ0v) is 9.98. The Morgan fingerprint density at radius 2 is 2.29 bits per heavy atom. The van der Waals surface area contributed by atoms with Crippen molar-refractivity contribution in [3.63, 3.8) is 0 Å². The lowest BCUT2D eigenvalue weighted by molar-refractivity contribution is 0.0231. The van der Waals surface area contributed by atoms with E-state index in [9.17, 15) is 8.78 Å². The molecule has 0 amide bonds. The van der Waals surface area contributed by atoms with Gasteiger partial charge in [0.15, 0.2) is 5.82 Å². The maximum absolute atomic E-state index is 13.9. The molecule has 1 aliphatic rings. The second-order valence-electron chi connectivity index (χ2n) is 3.67. The van der Waals surface area contributed by atoms with E-state index in [1.807, 2.05) is 0 Å². The zero-order chi connectivity index (χ0) is 12.4. The highest BCUT2D eigenvalue weighted by Crippen LogP contribution is 2.35. The topological polar surface area (TPSA) is 30.5 Å². The quantitative estimate of drug-likeness (QED) is 0.831. The van der Waals surface area contributed by atoms with Crippen LogP contribution in [0.1, 0.15) is 11.7 Å². The van der Waals surface area contributed by atoms with Crippen molar-refractivity contribution >= 4 is 11.6 Å². The Hall–Kier alpha value is -0.910. The number of nitrogens with one attached hydrogen (secondary N) is 1. The van der Waals surface area contributed by atoms with Gasteiger partial charge in [-0.25, -0.2) is 8.78 Å². The van der Waals surface area contributed by atoms with Gasteiger partial charge in [0.1, 0.15) is 22.7 Å². The summed E-state index contributed by atoms with van der Waals surface area (Å²) in [7, 11) is 1.30. The predicted octanol–water partition coefficient (Wildman–Crippen LogP) is 2.29. The van der Waals surface area contributed by atoms with Crippen molar-refractivity contribution < 1.29 is 18.3 Å². The third-order valence-corrected chi connectivity index (χ3v) is 2.98. The molecule has 0 spiro atoms. The van der Waals surface area contributed by atoms with Crippen LogP contribution in [0.3, 0.4) is 0 Å². The van der Waals surface area contributed by atoms with E-state index in [0.717, 1.165) is 6.07 Å². The largest absolute Gasteiger partial charge is 0.495 e. The summed E-state index contributed by atoms with van der Waals surface area (Å²) >= 11 is 5.75. The van der Waals surface area contributed by atoms with Crippen molar-refractivity contribution in [3.8, 4) is 5.75 Å². The molecule has 0 bridgehead atoms. The Balaban J connectivity index is 2.42. The van der Waals surface area contributed by atoms with Crippen LogP contribution < -0.4 is 10.1 Å². The molecule has 1 heterocycles. The predicted molar refractivity (Wildman–Crippen MR) is 59.5 cm³/mol. The monoisotopic (exact) mass is 263 g/mol. The minimum absolute atomic E-state index is 0.0193. The fourth-order valence-corrected chi connectivity index (χ4v) is 2.02. The summed E-state index contributed by atoms with van der Waals surface area (Å²) < 4.78 is 37.8. The number of ether oxygens (including phenoxy) is 2. The Labute approximate surface area is 103 Å². The molecule has 0 aromatic heterocycles. The van der Waals surface area contributed by atoms with Crippen LogP contribution in [0.2, 0.25) is 5.02 Å². The van der Waals surface area contributed by atoms with E-state index in [-0.39, 0.29) is 16.3 Å². The Kier molecular flexibility index (Phi) is 3.81. The number of rotatable bonds is 2. The molecule has 1 unspecified atom stereocenters. The normalized spacial score (nSPS) is 20.4. The number of hydrogen-bond donors (Lipinski definition) is 1. The summed E-state index contributed by atoms with van der Waals surface area (Å²) in [5.41, 5.74) is -0.150. The molecule has 0 aliphatic carbocycles. The maximum atomic E-state index is 13.9. The minimum atomic E-state index is -0.822. The van der Waals surface area contributed by atoms with E-state index in [1.54, 1.807) is 0 Å². The third kappa shape index (κ3) is 2.36. The van der Waals surface area contributed by atoms with Crippen LogP contribution in [-0.4, -0.2) is 26.8 Å². The Morgan fingerprint density at radius 1 is 1.53 bits per heavy atom. The summed E-state index contributed by atoms with van der Waals surface area (Å²) in [5.74, 6) is -1.55. The van der Waals surface area contributed by atoms with Crippen LogP contribution in [0.15, 0.2) is 6.07 Å². The van der Waals surface area contributed by atoms with Crippen LogP contribution in [0.4, 0.5) is 8.78 Å². The van der Waals surface area contributed by atoms with Gasteiger partial charge in [-0.2, -0.15) is 0 Å². The molecule has 1 saturated heterocycles. The van der Waals surface area contributed by atoms with Gasteiger partial charge in [0.2, 0.25) is 0 Å². The average molecular weight is 264 g/mol. The second-order valence-corrected chi connectivity index (χ2v) is 4.04. The average Bonchev–Trinajstić information content (AvgIpc) is 2.35. The lowest BCUT2D eigenvalue weighted by Crippen LogP contribution is -2.34. The molecule has 6 heteroatoms. The van der Waals surface area contributed by atoms with Gasteiger partial charge >= 0.3 is 0 Å². The first-order valence-electron chi connectivity index (χ1n) is 5.19. The van der Waals surface area contributed by atoms with Crippen LogP contribution in [0.25, 0.3) is 0 Å². The van der Waals surface area contributed by atoms with Gasteiger partial charge in [0.25, 0.3) is 0 Å². The summed E-state index contributed by atoms with van der Waals surface area (Å²) in [4.78, 5) is 0. The molecule has 17 heavy (non-hydrogen) atoms. The minimum Gasteiger partial charge on any atom is -0.495 e. The molecule has 94 valence electrons. The summed E-state index contributed by atoms with van der Waals surface area (Å²) in [6.07, 6.45) is -0.660. The van der Waals surface area contributed by atoms with Crippen molar-refractivity contribution in [2.45, 2.75) is 6.10 Å². The van der Waals surface area contributed by atoms with Gasteiger partial charge in [-0.15, -0.1) is 0 Å². The van der Waals surface area contributed by atoms with Gasteiger partial charge in [0, 0.05) is 19.2 Å². The Bertz CT molecular complexity index is 422. The highest BCUT2D eigenvalue weighted by molar-refractivity contribution is 6.32. The molecular weight excluding hydrogens is 252 g/mol. The van der Waals surface area contributed by atoms with E-state index in [0.29, 0.717) is 19.7 Å². The lowest BCUT2D eigenvalue weighted by Gasteiger charge is -2.25. The van der Waals surface area contributed by atoms with Gasteiger partial charge in [-0.3, -0.25) is 0 Å². The SMILES string of the molecule is COc1cc(F)c(C2CNCCO2)c(F)c1Cl. The van der Waals surface area contributed by atoms with Gasteiger partial charge in [-0.1, -0.05) is 11.6 Å². The number of hydrogen-bond acceptors (Lipinski definition) is 3. The van der Waals surface area contributed by atoms with Gasteiger partial charge in [0.05, 0.1) is 19.3 Å². The third-order valence-electron chi connectivity index (χ3n) is 2.63. The van der Waals surface area contributed by atoms with E-state index >= 15 is 0 Å². The molecule has 1 atom stereocenters. The molecule has 0 saturated carbocycles. The Morgan fingerprint density at radius 3 is 2.88 bits per heavy atom. The number of benzene rings is 1. The van der Waals surface area contributed by atoms with Crippen molar-refractivity contribution in [3.05, 3.63) is 28.3 Å². The summed E-state index contributed by atoms with van der Waals surface area (Å²) in [5, 5.41) is 2.78. The molecule has 2 rings (SSSR count). The van der Waals surface area contributed by atoms with Crippen molar-refractivity contribution in [1.29, 1.82) is 0 Å². The number of halogens is 3. The van der Waals surface area contributed by atoms with Crippen LogP contribution in [0, 0.1) is 11.6 Å². The first-order valence-corrected chi connectivity index (χ1v) is 5.56. The van der Waals surface area contributed by atoms with E-state index in [1.165, 1.54) is 7.11 Å². The molecule has 0 radical (unpaired) electrons. The molecule has 1 aromatic carbocycles. The summed E-state index contributed by atoms with van der Waals surface area (Å²) in [6.45, 7) is 1.44. The van der Waals surface area contributed by atoms with Crippen molar-refractivity contribution in [2.75, 3.05) is 26.8 Å². The zero-order valence-electron chi connectivity index (χ0n) is 9.23. The molecule has 3 nitrogen and oxygen atoms in total. The first kappa shape index (κ1) is 12.5. The van der Waals surface area contributed by atoms with Gasteiger partial charge in [-0.05, 0) is 0 Å². The number of methoxy groups -OCH3 is 1. The van der Waals surface area contributed by atoms with Gasteiger partial charge < -0.3 is 14.8 Å². The molecule has 1 fully saturated rings. The molecule has 1 N–H and O–H groups in total. The van der Waals surface area contributed by atoms with E-state index in [4.69, 9.17) is 21.1 Å². The van der Waals surface area contributed by atoms with Crippen LogP contribution in [0.5, 0.6) is 5.75 Å². The fourth-order valence-electron chi connectivity index (χ4n) is 1.78. The van der Waals surface area contributed by atoms with E-state index in [2.05, 4.69) is 5.32 Å². The van der Waals surface area contributed by atoms with Crippen molar-refractivity contribution in [2.24, 2.45) is 0 Å². The number of morpholine rings is 1. The molecular formula is C11H12ClF2NO2. The first-order chi connectivity index (χ1) is 8.15. The molecule has 1 aliphatic heterocycles.